The summed E-state index contributed by atoms with van der Waals surface area (Å²) in [6.45, 7) is 4.12. The molecule has 0 radical (unpaired) electrons. The molecule has 18 heavy (non-hydrogen) atoms. The maximum absolute atomic E-state index is 11.8. The zero-order valence-corrected chi connectivity index (χ0v) is 10.4. The third-order valence-corrected chi connectivity index (χ3v) is 2.87. The third-order valence-electron chi connectivity index (χ3n) is 2.87. The van der Waals surface area contributed by atoms with E-state index in [1.54, 1.807) is 19.1 Å². The fraction of sp³-hybridized carbons (Fsp3) is 0.286. The smallest absolute Gasteiger partial charge is 0.355 e. The first-order valence-electron chi connectivity index (χ1n) is 5.93. The molecule has 0 unspecified atom stereocenters. The molecule has 0 atom stereocenters. The summed E-state index contributed by atoms with van der Waals surface area (Å²) in [7, 11) is 0. The summed E-state index contributed by atoms with van der Waals surface area (Å²) in [5.41, 5.74) is 2.80. The molecule has 4 nitrogen and oxygen atoms in total. The van der Waals surface area contributed by atoms with Crippen LogP contribution in [0.4, 0.5) is 0 Å². The zero-order chi connectivity index (χ0) is 13.1. The van der Waals surface area contributed by atoms with Crippen molar-refractivity contribution in [3.8, 4) is 6.07 Å². The van der Waals surface area contributed by atoms with Gasteiger partial charge in [0, 0.05) is 10.9 Å². The van der Waals surface area contributed by atoms with Gasteiger partial charge in [0.05, 0.1) is 18.2 Å². The van der Waals surface area contributed by atoms with E-state index in [-0.39, 0.29) is 5.97 Å². The molecule has 0 fully saturated rings. The predicted molar refractivity (Wildman–Crippen MR) is 68.3 cm³/mol. The molecule has 0 bridgehead atoms. The largest absolute Gasteiger partial charge is 0.461 e. The normalized spacial score (nSPS) is 10.3. The Morgan fingerprint density at radius 3 is 2.83 bits per heavy atom. The summed E-state index contributed by atoms with van der Waals surface area (Å²) in [5, 5.41) is 9.84. The number of H-pyrrole nitrogens is 1. The van der Waals surface area contributed by atoms with Gasteiger partial charge in [0.15, 0.2) is 0 Å². The number of nitrogens with zero attached hydrogens (tertiary/aromatic N) is 1. The molecule has 2 rings (SSSR count). The van der Waals surface area contributed by atoms with Gasteiger partial charge in [-0.1, -0.05) is 13.0 Å². The number of benzene rings is 1. The molecular weight excluding hydrogens is 228 g/mol. The van der Waals surface area contributed by atoms with Gasteiger partial charge in [-0.25, -0.2) is 4.79 Å². The van der Waals surface area contributed by atoms with Crippen LogP contribution in [0.2, 0.25) is 0 Å². The van der Waals surface area contributed by atoms with Crippen LogP contribution < -0.4 is 0 Å². The van der Waals surface area contributed by atoms with Crippen LogP contribution in [0.15, 0.2) is 18.2 Å². The minimum atomic E-state index is -0.343. The third kappa shape index (κ3) is 1.95. The molecule has 0 aliphatic carbocycles. The zero-order valence-electron chi connectivity index (χ0n) is 10.4. The quantitative estimate of drug-likeness (QED) is 0.841. The number of fused-ring (bicyclic) bond motifs is 1. The first-order valence-corrected chi connectivity index (χ1v) is 5.93. The number of rotatable bonds is 3. The van der Waals surface area contributed by atoms with Gasteiger partial charge in [0.2, 0.25) is 0 Å². The molecule has 4 heteroatoms. The maximum atomic E-state index is 11.8. The average Bonchev–Trinajstić information content (AvgIpc) is 2.76. The van der Waals surface area contributed by atoms with Crippen molar-refractivity contribution in [1.82, 2.24) is 4.98 Å². The van der Waals surface area contributed by atoms with E-state index in [0.29, 0.717) is 17.9 Å². The molecular formula is C14H14N2O2. The van der Waals surface area contributed by atoms with Crippen LogP contribution in [0.25, 0.3) is 10.9 Å². The molecule has 1 N–H and O–H groups in total. The Morgan fingerprint density at radius 2 is 2.22 bits per heavy atom. The van der Waals surface area contributed by atoms with E-state index in [2.05, 4.69) is 11.1 Å². The molecule has 2 aromatic rings. The second-order valence-electron chi connectivity index (χ2n) is 3.92. The Labute approximate surface area is 105 Å². The minimum Gasteiger partial charge on any atom is -0.461 e. The summed E-state index contributed by atoms with van der Waals surface area (Å²) in [4.78, 5) is 14.9. The molecule has 0 aliphatic heterocycles. The van der Waals surface area contributed by atoms with Crippen molar-refractivity contribution in [1.29, 1.82) is 5.26 Å². The van der Waals surface area contributed by atoms with Crippen LogP contribution in [-0.2, 0) is 11.2 Å². The fourth-order valence-electron chi connectivity index (χ4n) is 2.07. The van der Waals surface area contributed by atoms with Crippen LogP contribution in [0, 0.1) is 11.3 Å². The van der Waals surface area contributed by atoms with Crippen LogP contribution in [0.3, 0.4) is 0 Å². The second-order valence-corrected chi connectivity index (χ2v) is 3.92. The number of esters is 1. The van der Waals surface area contributed by atoms with Crippen LogP contribution >= 0.6 is 0 Å². The SMILES string of the molecule is CCOC(=O)c1[nH]c2cc(C#N)ccc2c1CC. The molecule has 0 spiro atoms. The average molecular weight is 242 g/mol. The van der Waals surface area contributed by atoms with Crippen molar-refractivity contribution in [2.75, 3.05) is 6.61 Å². The number of aromatic amines is 1. The van der Waals surface area contributed by atoms with E-state index in [9.17, 15) is 4.79 Å². The van der Waals surface area contributed by atoms with Crippen molar-refractivity contribution >= 4 is 16.9 Å². The van der Waals surface area contributed by atoms with Crippen molar-refractivity contribution < 1.29 is 9.53 Å². The second kappa shape index (κ2) is 4.92. The maximum Gasteiger partial charge on any atom is 0.355 e. The van der Waals surface area contributed by atoms with Crippen molar-refractivity contribution in [3.63, 3.8) is 0 Å². The number of hydrogen-bond acceptors (Lipinski definition) is 3. The van der Waals surface area contributed by atoms with E-state index < -0.39 is 0 Å². The lowest BCUT2D eigenvalue weighted by molar-refractivity contribution is 0.0519. The molecule has 1 heterocycles. The summed E-state index contributed by atoms with van der Waals surface area (Å²) < 4.78 is 5.02. The minimum absolute atomic E-state index is 0.343. The first-order chi connectivity index (χ1) is 8.71. The fourth-order valence-corrected chi connectivity index (χ4v) is 2.07. The number of carbonyl (C=O) groups excluding carboxylic acids is 1. The van der Waals surface area contributed by atoms with Crippen LogP contribution in [-0.4, -0.2) is 17.6 Å². The summed E-state index contributed by atoms with van der Waals surface area (Å²) in [5.74, 6) is -0.343. The number of ether oxygens (including phenoxy) is 1. The number of nitrogens with one attached hydrogen (secondary N) is 1. The monoisotopic (exact) mass is 242 g/mol. The highest BCUT2D eigenvalue weighted by Gasteiger charge is 2.17. The van der Waals surface area contributed by atoms with Gasteiger partial charge < -0.3 is 9.72 Å². The Hall–Kier alpha value is -2.28. The van der Waals surface area contributed by atoms with E-state index in [4.69, 9.17) is 10.00 Å². The van der Waals surface area contributed by atoms with Gasteiger partial charge in [0.1, 0.15) is 5.69 Å². The van der Waals surface area contributed by atoms with Crippen molar-refractivity contribution in [3.05, 3.63) is 35.0 Å². The number of aryl methyl sites for hydroxylation is 1. The summed E-state index contributed by atoms with van der Waals surface area (Å²) in [6, 6.07) is 7.45. The number of hydrogen-bond donors (Lipinski definition) is 1. The Bertz CT molecular complexity index is 635. The Kier molecular flexibility index (Phi) is 3.33. The molecule has 1 aromatic carbocycles. The van der Waals surface area contributed by atoms with Gasteiger partial charge in [0.25, 0.3) is 0 Å². The van der Waals surface area contributed by atoms with Crippen LogP contribution in [0.5, 0.6) is 0 Å². The standard InChI is InChI=1S/C14H14N2O2/c1-3-10-11-6-5-9(8-15)7-12(11)16-13(10)14(17)18-4-2/h5-7,16H,3-4H2,1-2H3. The van der Waals surface area contributed by atoms with Gasteiger partial charge >= 0.3 is 5.97 Å². The van der Waals surface area contributed by atoms with E-state index in [1.165, 1.54) is 0 Å². The number of nitriles is 1. The van der Waals surface area contributed by atoms with E-state index in [1.807, 2.05) is 13.0 Å². The van der Waals surface area contributed by atoms with Gasteiger partial charge in [-0.05, 0) is 31.0 Å². The lowest BCUT2D eigenvalue weighted by atomic mass is 10.1. The Balaban J connectivity index is 2.61. The lowest BCUT2D eigenvalue weighted by Crippen LogP contribution is -2.07. The molecule has 0 saturated carbocycles. The number of aromatic nitrogens is 1. The van der Waals surface area contributed by atoms with Gasteiger partial charge in [-0.3, -0.25) is 0 Å². The molecule has 92 valence electrons. The highest BCUT2D eigenvalue weighted by molar-refractivity contribution is 5.98. The highest BCUT2D eigenvalue weighted by Crippen LogP contribution is 2.24. The lowest BCUT2D eigenvalue weighted by Gasteiger charge is -2.01. The number of carbonyl (C=O) groups is 1. The molecule has 0 amide bonds. The molecule has 1 aromatic heterocycles. The molecule has 0 aliphatic rings. The summed E-state index contributed by atoms with van der Waals surface area (Å²) in [6.07, 6.45) is 0.736. The summed E-state index contributed by atoms with van der Waals surface area (Å²) >= 11 is 0. The van der Waals surface area contributed by atoms with Gasteiger partial charge in [-0.2, -0.15) is 5.26 Å². The topological polar surface area (TPSA) is 65.9 Å². The van der Waals surface area contributed by atoms with E-state index >= 15 is 0 Å². The Morgan fingerprint density at radius 1 is 1.44 bits per heavy atom. The first kappa shape index (κ1) is 12.2. The van der Waals surface area contributed by atoms with E-state index in [0.717, 1.165) is 22.9 Å². The molecule has 0 saturated heterocycles. The van der Waals surface area contributed by atoms with Crippen molar-refractivity contribution in [2.45, 2.75) is 20.3 Å². The highest BCUT2D eigenvalue weighted by atomic mass is 16.5. The van der Waals surface area contributed by atoms with Gasteiger partial charge in [-0.15, -0.1) is 0 Å². The van der Waals surface area contributed by atoms with Crippen molar-refractivity contribution in [2.24, 2.45) is 0 Å². The predicted octanol–water partition coefficient (Wildman–Crippen LogP) is 2.78. The van der Waals surface area contributed by atoms with Crippen LogP contribution in [0.1, 0.15) is 35.5 Å².